The molecule has 0 aromatic carbocycles. The van der Waals surface area contributed by atoms with Gasteiger partial charge in [0, 0.05) is 47.6 Å². The molecule has 3 aromatic rings. The van der Waals surface area contributed by atoms with Crippen molar-refractivity contribution in [2.45, 2.75) is 56.7 Å². The second-order valence-electron chi connectivity index (χ2n) is 9.95. The number of hydrogen-bond acceptors (Lipinski definition) is 8. The Morgan fingerprint density at radius 3 is 3.03 bits per heavy atom. The maximum atomic E-state index is 15.3. The van der Waals surface area contributed by atoms with E-state index in [4.69, 9.17) is 21.2 Å². The maximum absolute atomic E-state index is 15.3. The first-order valence-electron chi connectivity index (χ1n) is 12.1. The zero-order valence-corrected chi connectivity index (χ0v) is 20.5. The lowest BCUT2D eigenvalue weighted by Crippen LogP contribution is -2.46. The van der Waals surface area contributed by atoms with Gasteiger partial charge in [0.25, 0.3) is 5.91 Å². The number of pyridine rings is 2. The molecule has 2 saturated heterocycles. The highest BCUT2D eigenvalue weighted by Gasteiger charge is 2.48. The summed E-state index contributed by atoms with van der Waals surface area (Å²) >= 11 is 1.29. The normalized spacial score (nSPS) is 26.0. The molecule has 3 atom stereocenters. The number of aromatic nitrogens is 2. The Balaban J connectivity index is 1.18. The number of nitrogen functional groups attached to an aromatic ring is 1. The monoisotopic (exact) mass is 496 g/mol. The lowest BCUT2D eigenvalue weighted by Gasteiger charge is -2.28. The number of ether oxygens (including phenoxy) is 1. The molecule has 6 rings (SSSR count). The van der Waals surface area contributed by atoms with Gasteiger partial charge < -0.3 is 26.4 Å². The maximum Gasteiger partial charge on any atom is 0.263 e. The number of nitrogens with one attached hydrogen (secondary N) is 1. The van der Waals surface area contributed by atoms with Crippen LogP contribution < -0.4 is 21.7 Å². The number of nitrogens with zero attached hydrogens (tertiary/aromatic N) is 3. The topological polar surface area (TPSA) is 119 Å². The Kier molecular flexibility index (Phi) is 5.43. The molecule has 1 spiro atoms. The molecule has 0 saturated carbocycles. The fraction of sp³-hybridized carbons (Fsp3) is 0.480. The van der Waals surface area contributed by atoms with Crippen molar-refractivity contribution in [3.63, 3.8) is 0 Å². The fourth-order valence-corrected chi connectivity index (χ4v) is 6.71. The number of hydrogen-bond donors (Lipinski definition) is 3. The number of rotatable bonds is 3. The third kappa shape index (κ3) is 3.84. The van der Waals surface area contributed by atoms with E-state index < -0.39 is 0 Å². The van der Waals surface area contributed by atoms with Crippen molar-refractivity contribution in [2.75, 3.05) is 30.3 Å². The number of nitrogens with two attached hydrogens (primary N) is 2. The highest BCUT2D eigenvalue weighted by Crippen LogP contribution is 2.37. The number of fused-ring (bicyclic) bond motifs is 2. The highest BCUT2D eigenvalue weighted by atomic mass is 32.1. The summed E-state index contributed by atoms with van der Waals surface area (Å²) in [6, 6.07) is 4.98. The first-order chi connectivity index (χ1) is 16.8. The number of aryl methyl sites for hydroxylation is 2. The number of anilines is 2. The van der Waals surface area contributed by atoms with Gasteiger partial charge in [-0.05, 0) is 51.2 Å². The summed E-state index contributed by atoms with van der Waals surface area (Å²) in [5, 5.41) is 3.84. The van der Waals surface area contributed by atoms with Crippen LogP contribution in [0.15, 0.2) is 18.2 Å². The van der Waals surface area contributed by atoms with Crippen molar-refractivity contribution in [2.24, 2.45) is 5.73 Å². The van der Waals surface area contributed by atoms with Crippen LogP contribution in [0.25, 0.3) is 10.2 Å². The Morgan fingerprint density at radius 1 is 1.37 bits per heavy atom. The van der Waals surface area contributed by atoms with Gasteiger partial charge in [-0.25, -0.2) is 14.4 Å². The average molecular weight is 497 g/mol. The first-order valence-corrected chi connectivity index (χ1v) is 12.9. The molecular formula is C25H29FN6O2S. The van der Waals surface area contributed by atoms with E-state index in [2.05, 4.69) is 10.3 Å². The first kappa shape index (κ1) is 22.6. The number of carbonyl (C=O) groups is 1. The fourth-order valence-electron chi connectivity index (χ4n) is 5.67. The van der Waals surface area contributed by atoms with Crippen molar-refractivity contribution in [3.8, 4) is 0 Å². The molecule has 3 aromatic heterocycles. The molecule has 3 unspecified atom stereocenters. The van der Waals surface area contributed by atoms with Gasteiger partial charge in [-0.2, -0.15) is 0 Å². The lowest BCUT2D eigenvalue weighted by molar-refractivity contribution is 0.0108. The smallest absolute Gasteiger partial charge is 0.263 e. The second-order valence-corrected chi connectivity index (χ2v) is 11.0. The lowest BCUT2D eigenvalue weighted by atomic mass is 9.91. The molecule has 5 heterocycles. The van der Waals surface area contributed by atoms with Crippen molar-refractivity contribution < 1.29 is 13.9 Å². The summed E-state index contributed by atoms with van der Waals surface area (Å²) in [5.41, 5.74) is 14.9. The minimum absolute atomic E-state index is 0.106. The van der Waals surface area contributed by atoms with Gasteiger partial charge in [-0.3, -0.25) is 4.79 Å². The third-order valence-electron chi connectivity index (χ3n) is 7.61. The zero-order valence-electron chi connectivity index (χ0n) is 19.6. The molecule has 10 heteroatoms. The van der Waals surface area contributed by atoms with E-state index in [0.717, 1.165) is 41.1 Å². The minimum Gasteiger partial charge on any atom is -0.397 e. The third-order valence-corrected chi connectivity index (χ3v) is 8.72. The van der Waals surface area contributed by atoms with Gasteiger partial charge in [0.15, 0.2) is 0 Å². The summed E-state index contributed by atoms with van der Waals surface area (Å²) in [4.78, 5) is 25.5. The van der Waals surface area contributed by atoms with Gasteiger partial charge in [0.1, 0.15) is 26.9 Å². The molecule has 2 fully saturated rings. The number of thiophene rings is 1. The van der Waals surface area contributed by atoms with Crippen molar-refractivity contribution in [1.82, 2.24) is 15.3 Å². The van der Waals surface area contributed by atoms with Gasteiger partial charge >= 0.3 is 0 Å². The molecule has 1 amide bonds. The summed E-state index contributed by atoms with van der Waals surface area (Å²) in [5.74, 6) is 0.0915. The summed E-state index contributed by atoms with van der Waals surface area (Å²) in [6.45, 7) is 3.88. The molecule has 35 heavy (non-hydrogen) atoms. The molecule has 1 aliphatic carbocycles. The highest BCUT2D eigenvalue weighted by molar-refractivity contribution is 7.21. The van der Waals surface area contributed by atoms with Crippen LogP contribution >= 0.6 is 11.3 Å². The van der Waals surface area contributed by atoms with Crippen molar-refractivity contribution >= 4 is 39.0 Å². The van der Waals surface area contributed by atoms with Crippen molar-refractivity contribution in [1.29, 1.82) is 0 Å². The van der Waals surface area contributed by atoms with Crippen LogP contribution in [-0.4, -0.2) is 53.3 Å². The van der Waals surface area contributed by atoms with E-state index in [9.17, 15) is 4.79 Å². The zero-order chi connectivity index (χ0) is 24.3. The molecule has 8 nitrogen and oxygen atoms in total. The SMILES string of the molecule is Cc1ccc2c(N)c(C(=O)NC3CCc4nc(N5CC(N)C6(CCCO6)C5)cc(F)c4C3)sc2n1. The number of halogens is 1. The van der Waals surface area contributed by atoms with Crippen LogP contribution in [0.1, 0.15) is 45.9 Å². The Morgan fingerprint density at radius 2 is 2.23 bits per heavy atom. The summed E-state index contributed by atoms with van der Waals surface area (Å²) < 4.78 is 21.2. The van der Waals surface area contributed by atoms with E-state index in [1.165, 1.54) is 17.4 Å². The van der Waals surface area contributed by atoms with E-state index >= 15 is 4.39 Å². The van der Waals surface area contributed by atoms with Crippen LogP contribution in [-0.2, 0) is 17.6 Å². The Hall–Kier alpha value is -2.82. The van der Waals surface area contributed by atoms with Crippen LogP contribution in [0.5, 0.6) is 0 Å². The molecular weight excluding hydrogens is 467 g/mol. The number of carbonyl (C=O) groups excluding carboxylic acids is 1. The second kappa shape index (κ2) is 8.39. The van der Waals surface area contributed by atoms with Gasteiger partial charge in [0.2, 0.25) is 0 Å². The van der Waals surface area contributed by atoms with E-state index in [0.29, 0.717) is 54.3 Å². The predicted octanol–water partition coefficient (Wildman–Crippen LogP) is 2.70. The Bertz CT molecular complexity index is 1320. The average Bonchev–Trinajstić information content (AvgIpc) is 3.53. The van der Waals surface area contributed by atoms with E-state index in [-0.39, 0.29) is 29.4 Å². The van der Waals surface area contributed by atoms with E-state index in [1.807, 2.05) is 24.0 Å². The van der Waals surface area contributed by atoms with Crippen LogP contribution in [0.3, 0.4) is 0 Å². The standard InChI is InChI=1S/C25H29FN6O2S/c1-13-3-5-15-21(28)22(35-24(15)29-13)23(33)30-14-4-6-18-16(9-14)17(26)10-20(31-18)32-11-19(27)25(12-32)7-2-8-34-25/h3,5,10,14,19H,2,4,6-9,11-12,27-28H2,1H3,(H,30,33). The molecule has 2 aliphatic heterocycles. The molecule has 3 aliphatic rings. The number of amides is 1. The molecule has 0 bridgehead atoms. The van der Waals surface area contributed by atoms with Crippen LogP contribution in [0.4, 0.5) is 15.9 Å². The minimum atomic E-state index is -0.341. The predicted molar refractivity (Wildman–Crippen MR) is 134 cm³/mol. The largest absolute Gasteiger partial charge is 0.397 e. The van der Waals surface area contributed by atoms with Gasteiger partial charge in [0.05, 0.1) is 18.3 Å². The molecule has 184 valence electrons. The van der Waals surface area contributed by atoms with E-state index in [1.54, 1.807) is 0 Å². The van der Waals surface area contributed by atoms with Crippen LogP contribution in [0.2, 0.25) is 0 Å². The van der Waals surface area contributed by atoms with Gasteiger partial charge in [-0.1, -0.05) is 0 Å². The summed E-state index contributed by atoms with van der Waals surface area (Å²) in [7, 11) is 0. The molecule has 0 radical (unpaired) electrons. The summed E-state index contributed by atoms with van der Waals surface area (Å²) in [6.07, 6.45) is 3.61. The van der Waals surface area contributed by atoms with Crippen molar-refractivity contribution in [3.05, 3.63) is 45.8 Å². The van der Waals surface area contributed by atoms with Gasteiger partial charge in [-0.15, -0.1) is 11.3 Å². The molecule has 5 N–H and O–H groups in total. The Labute approximate surface area is 206 Å². The quantitative estimate of drug-likeness (QED) is 0.510. The van der Waals surface area contributed by atoms with Crippen LogP contribution in [0, 0.1) is 12.7 Å².